The lowest BCUT2D eigenvalue weighted by atomic mass is 10.3. The second kappa shape index (κ2) is 4.16. The summed E-state index contributed by atoms with van der Waals surface area (Å²) in [7, 11) is 0. The van der Waals surface area contributed by atoms with Crippen LogP contribution >= 0.6 is 43.5 Å². The Kier molecular flexibility index (Phi) is 4.90. The van der Waals surface area contributed by atoms with E-state index in [1.54, 1.807) is 0 Å². The topological polar surface area (TPSA) is 0 Å². The van der Waals surface area contributed by atoms with E-state index in [0.29, 0.717) is 15.5 Å². The number of hydrogen-bond donors (Lipinski definition) is 0. The van der Waals surface area contributed by atoms with E-state index in [1.807, 2.05) is 0 Å². The first-order valence-electron chi connectivity index (χ1n) is 2.02. The average molecular weight is 250 g/mol. The Morgan fingerprint density at radius 1 is 1.57 bits per heavy atom. The highest BCUT2D eigenvalue weighted by Gasteiger charge is 2.06. The Labute approximate surface area is 65.9 Å². The third-order valence-corrected chi connectivity index (χ3v) is 2.97. The first-order chi connectivity index (χ1) is 3.18. The van der Waals surface area contributed by atoms with Gasteiger partial charge in [-0.2, -0.15) is 0 Å². The van der Waals surface area contributed by atoms with Crippen LogP contribution in [0.1, 0.15) is 6.92 Å². The van der Waals surface area contributed by atoms with Crippen LogP contribution in [0.3, 0.4) is 0 Å². The molecule has 0 aromatic carbocycles. The molecule has 1 unspecified atom stereocenters. The first kappa shape index (κ1) is 8.25. The molecule has 1 atom stereocenters. The van der Waals surface area contributed by atoms with Gasteiger partial charge in [0, 0.05) is 5.88 Å². The highest BCUT2D eigenvalue weighted by atomic mass is 79.9. The lowest BCUT2D eigenvalue weighted by Crippen LogP contribution is -2.03. The van der Waals surface area contributed by atoms with Crippen molar-refractivity contribution in [3.8, 4) is 0 Å². The van der Waals surface area contributed by atoms with Gasteiger partial charge in [-0.1, -0.05) is 38.8 Å². The maximum Gasteiger partial charge on any atom is 0.0734 e. The van der Waals surface area contributed by atoms with Crippen molar-refractivity contribution in [1.82, 2.24) is 0 Å². The van der Waals surface area contributed by atoms with Gasteiger partial charge in [0.25, 0.3) is 0 Å². The van der Waals surface area contributed by atoms with Crippen molar-refractivity contribution < 1.29 is 0 Å². The van der Waals surface area contributed by atoms with Gasteiger partial charge < -0.3 is 0 Å². The molecule has 0 fully saturated rings. The number of rotatable bonds is 2. The molecule has 0 aliphatic carbocycles. The van der Waals surface area contributed by atoms with E-state index >= 15 is 0 Å². The van der Waals surface area contributed by atoms with Crippen LogP contribution < -0.4 is 0 Å². The molecule has 0 aromatic heterocycles. The zero-order valence-electron chi connectivity index (χ0n) is 4.00. The van der Waals surface area contributed by atoms with Gasteiger partial charge in [0.2, 0.25) is 0 Å². The van der Waals surface area contributed by atoms with Crippen LogP contribution in [-0.2, 0) is 0 Å². The molecule has 0 nitrogen and oxygen atoms in total. The number of halogens is 3. The molecule has 0 amide bonds. The van der Waals surface area contributed by atoms with Gasteiger partial charge in [-0.25, -0.2) is 0 Å². The zero-order chi connectivity index (χ0) is 5.86. The molecule has 0 heterocycles. The highest BCUT2D eigenvalue weighted by molar-refractivity contribution is 9.24. The van der Waals surface area contributed by atoms with E-state index in [0.717, 1.165) is 0 Å². The summed E-state index contributed by atoms with van der Waals surface area (Å²) in [4.78, 5) is 0. The van der Waals surface area contributed by atoms with E-state index in [9.17, 15) is 0 Å². The van der Waals surface area contributed by atoms with E-state index in [2.05, 4.69) is 38.8 Å². The largest absolute Gasteiger partial charge is 0.126 e. The van der Waals surface area contributed by atoms with Crippen molar-refractivity contribution >= 4 is 43.5 Å². The smallest absolute Gasteiger partial charge is 0.0734 e. The predicted molar refractivity (Wildman–Crippen MR) is 41.5 cm³/mol. The van der Waals surface area contributed by atoms with E-state index < -0.39 is 0 Å². The Balaban J connectivity index is 3.14. The average Bonchev–Trinajstić information content (AvgIpc) is 1.65. The number of alkyl halides is 3. The maximum atomic E-state index is 5.49. The van der Waals surface area contributed by atoms with E-state index in [1.165, 1.54) is 0 Å². The van der Waals surface area contributed by atoms with Gasteiger partial charge in [0.1, 0.15) is 0 Å². The van der Waals surface area contributed by atoms with Gasteiger partial charge in [-0.05, 0) is 5.92 Å². The fraction of sp³-hybridized carbons (Fsp3) is 1.00. The Morgan fingerprint density at radius 3 is 2.00 bits per heavy atom. The van der Waals surface area contributed by atoms with E-state index in [-0.39, 0.29) is 0 Å². The molecule has 7 heavy (non-hydrogen) atoms. The summed E-state index contributed by atoms with van der Waals surface area (Å²) >= 11 is 12.2. The van der Waals surface area contributed by atoms with Crippen LogP contribution in [0.4, 0.5) is 0 Å². The minimum absolute atomic E-state index is 0.359. The zero-order valence-corrected chi connectivity index (χ0v) is 7.92. The molecule has 0 aliphatic rings. The molecule has 0 rings (SSSR count). The van der Waals surface area contributed by atoms with Crippen molar-refractivity contribution in [1.29, 1.82) is 0 Å². The second-order valence-corrected chi connectivity index (χ2v) is 4.98. The van der Waals surface area contributed by atoms with Crippen LogP contribution in [0.5, 0.6) is 0 Å². The summed E-state index contributed by atoms with van der Waals surface area (Å²) in [5.41, 5.74) is 0. The van der Waals surface area contributed by atoms with Gasteiger partial charge >= 0.3 is 0 Å². The van der Waals surface area contributed by atoms with Crippen LogP contribution in [0.15, 0.2) is 0 Å². The normalized spacial score (nSPS) is 15.0. The fourth-order valence-corrected chi connectivity index (χ4v) is 1.05. The SMILES string of the molecule is CC(CCl)C(Br)Br. The Bertz CT molecular complexity index is 47.0. The van der Waals surface area contributed by atoms with Crippen molar-refractivity contribution in [2.45, 2.75) is 10.7 Å². The third-order valence-electron chi connectivity index (χ3n) is 0.674. The van der Waals surface area contributed by atoms with Crippen molar-refractivity contribution in [2.75, 3.05) is 5.88 Å². The lowest BCUT2D eigenvalue weighted by molar-refractivity contribution is 0.742. The lowest BCUT2D eigenvalue weighted by Gasteiger charge is -2.05. The van der Waals surface area contributed by atoms with Crippen LogP contribution in [0.25, 0.3) is 0 Å². The Morgan fingerprint density at radius 2 is 2.00 bits per heavy atom. The minimum Gasteiger partial charge on any atom is -0.126 e. The van der Waals surface area contributed by atoms with Crippen molar-refractivity contribution in [3.63, 3.8) is 0 Å². The minimum atomic E-state index is 0.359. The van der Waals surface area contributed by atoms with Gasteiger partial charge in [-0.3, -0.25) is 0 Å². The Hall–Kier alpha value is 1.25. The molecule has 0 saturated heterocycles. The molecular formula is C4H7Br2Cl. The van der Waals surface area contributed by atoms with Crippen LogP contribution in [0, 0.1) is 5.92 Å². The molecular weight excluding hydrogens is 243 g/mol. The number of hydrogen-bond acceptors (Lipinski definition) is 0. The molecule has 0 radical (unpaired) electrons. The fourth-order valence-electron chi connectivity index (χ4n) is 0.0673. The molecule has 0 saturated carbocycles. The summed E-state index contributed by atoms with van der Waals surface area (Å²) in [6.07, 6.45) is 0. The molecule has 44 valence electrons. The quantitative estimate of drug-likeness (QED) is 0.661. The summed E-state index contributed by atoms with van der Waals surface area (Å²) in [5.74, 6) is 1.20. The monoisotopic (exact) mass is 248 g/mol. The molecule has 0 N–H and O–H groups in total. The highest BCUT2D eigenvalue weighted by Crippen LogP contribution is 2.19. The predicted octanol–water partition coefficient (Wildman–Crippen LogP) is 2.98. The maximum absolute atomic E-state index is 5.49. The summed E-state index contributed by atoms with van der Waals surface area (Å²) in [6, 6.07) is 0. The van der Waals surface area contributed by atoms with Crippen molar-refractivity contribution in [2.24, 2.45) is 5.92 Å². The molecule has 0 spiro atoms. The van der Waals surface area contributed by atoms with Crippen molar-refractivity contribution in [3.05, 3.63) is 0 Å². The summed E-state index contributed by atoms with van der Waals surface area (Å²) in [5, 5.41) is 0. The second-order valence-electron chi connectivity index (χ2n) is 1.47. The molecule has 3 heteroatoms. The molecule has 0 aliphatic heterocycles. The molecule has 0 aromatic rings. The summed E-state index contributed by atoms with van der Waals surface area (Å²) in [6.45, 7) is 2.07. The first-order valence-corrected chi connectivity index (χ1v) is 4.39. The standard InChI is InChI=1S/C4H7Br2Cl/c1-3(2-7)4(5)6/h3-4H,2H2,1H3. The van der Waals surface area contributed by atoms with Crippen LogP contribution in [0.2, 0.25) is 0 Å². The van der Waals surface area contributed by atoms with Crippen LogP contribution in [-0.4, -0.2) is 9.62 Å². The third kappa shape index (κ3) is 3.80. The van der Waals surface area contributed by atoms with Gasteiger partial charge in [0.05, 0.1) is 3.74 Å². The van der Waals surface area contributed by atoms with E-state index in [4.69, 9.17) is 11.6 Å². The molecule has 0 bridgehead atoms. The summed E-state index contributed by atoms with van der Waals surface area (Å²) < 4.78 is 0.359. The van der Waals surface area contributed by atoms with Gasteiger partial charge in [-0.15, -0.1) is 11.6 Å². The van der Waals surface area contributed by atoms with Gasteiger partial charge in [0.15, 0.2) is 0 Å².